The summed E-state index contributed by atoms with van der Waals surface area (Å²) in [6, 6.07) is 7.36. The highest BCUT2D eigenvalue weighted by molar-refractivity contribution is 6.30. The summed E-state index contributed by atoms with van der Waals surface area (Å²) in [6.45, 7) is 3.96. The van der Waals surface area contributed by atoms with E-state index in [0.29, 0.717) is 29.1 Å². The fourth-order valence-electron chi connectivity index (χ4n) is 3.47. The molecule has 5 nitrogen and oxygen atoms in total. The van der Waals surface area contributed by atoms with Gasteiger partial charge in [0.2, 0.25) is 5.95 Å². The third kappa shape index (κ3) is 2.36. The van der Waals surface area contributed by atoms with E-state index in [4.69, 9.17) is 11.6 Å². The predicted octanol–water partition coefficient (Wildman–Crippen LogP) is 3.51. The highest BCUT2D eigenvalue weighted by Crippen LogP contribution is 2.41. The minimum absolute atomic E-state index is 0.185. The Morgan fingerprint density at radius 1 is 1.26 bits per heavy atom. The Balaban J connectivity index is 1.91. The average Bonchev–Trinajstić information content (AvgIpc) is 2.85. The molecule has 0 fully saturated rings. The first-order valence-corrected chi connectivity index (χ1v) is 8.12. The maximum Gasteiger partial charge on any atom is 0.226 e. The first-order chi connectivity index (χ1) is 11.0. The fourth-order valence-corrected chi connectivity index (χ4v) is 3.59. The summed E-state index contributed by atoms with van der Waals surface area (Å²) >= 11 is 6.01. The second-order valence-corrected chi connectivity index (χ2v) is 6.77. The molecule has 0 radical (unpaired) electrons. The molecule has 0 bridgehead atoms. The summed E-state index contributed by atoms with van der Waals surface area (Å²) in [7, 11) is 0. The van der Waals surface area contributed by atoms with E-state index in [9.17, 15) is 4.79 Å². The average molecular weight is 329 g/mol. The quantitative estimate of drug-likeness (QED) is 0.870. The number of allylic oxidation sites excluding steroid dienone is 2. The van der Waals surface area contributed by atoms with Gasteiger partial charge in [-0.3, -0.25) is 4.79 Å². The van der Waals surface area contributed by atoms with Gasteiger partial charge in [0.05, 0.1) is 0 Å². The van der Waals surface area contributed by atoms with Crippen LogP contribution < -0.4 is 5.32 Å². The standard InChI is InChI=1S/C17H17ClN4O/c1-9-7-13-15(14(23)8-9)16(11-3-5-12(18)6-4-11)22-17(20-13)19-10(2)21-22/h3-6,9,16H,7-8H2,1-2H3,(H,19,20,21). The molecule has 2 aliphatic rings. The maximum absolute atomic E-state index is 12.7. The number of aromatic nitrogens is 3. The number of nitrogens with one attached hydrogen (secondary N) is 1. The highest BCUT2D eigenvalue weighted by atomic mass is 35.5. The smallest absolute Gasteiger partial charge is 0.226 e. The molecule has 0 saturated carbocycles. The van der Waals surface area contributed by atoms with Crippen molar-refractivity contribution >= 4 is 23.3 Å². The van der Waals surface area contributed by atoms with E-state index in [1.807, 2.05) is 35.9 Å². The number of rotatable bonds is 1. The van der Waals surface area contributed by atoms with Crippen molar-refractivity contribution in [3.63, 3.8) is 0 Å². The van der Waals surface area contributed by atoms with Gasteiger partial charge in [-0.2, -0.15) is 10.1 Å². The van der Waals surface area contributed by atoms with Crippen molar-refractivity contribution < 1.29 is 4.79 Å². The Hall–Kier alpha value is -2.14. The lowest BCUT2D eigenvalue weighted by Crippen LogP contribution is -2.33. The molecule has 2 aromatic rings. The van der Waals surface area contributed by atoms with Crippen LogP contribution in [-0.2, 0) is 4.79 Å². The summed E-state index contributed by atoms with van der Waals surface area (Å²) < 4.78 is 1.81. The number of anilines is 1. The van der Waals surface area contributed by atoms with E-state index in [0.717, 1.165) is 23.3 Å². The van der Waals surface area contributed by atoms with Crippen LogP contribution in [0.15, 0.2) is 35.5 Å². The third-order valence-electron chi connectivity index (χ3n) is 4.42. The second-order valence-electron chi connectivity index (χ2n) is 6.34. The number of Topliss-reactive ketones (excluding diaryl/α,β-unsaturated/α-hetero) is 1. The van der Waals surface area contributed by atoms with Crippen molar-refractivity contribution in [2.45, 2.75) is 32.7 Å². The monoisotopic (exact) mass is 328 g/mol. The first kappa shape index (κ1) is 14.5. The van der Waals surface area contributed by atoms with Gasteiger partial charge in [0.1, 0.15) is 11.9 Å². The van der Waals surface area contributed by atoms with Crippen LogP contribution in [0.4, 0.5) is 5.95 Å². The molecule has 6 heteroatoms. The van der Waals surface area contributed by atoms with Gasteiger partial charge in [-0.05, 0) is 37.0 Å². The third-order valence-corrected chi connectivity index (χ3v) is 4.67. The van der Waals surface area contributed by atoms with Crippen LogP contribution in [-0.4, -0.2) is 20.5 Å². The van der Waals surface area contributed by atoms with Crippen LogP contribution >= 0.6 is 11.6 Å². The molecule has 118 valence electrons. The van der Waals surface area contributed by atoms with Gasteiger partial charge in [0, 0.05) is 22.7 Å². The van der Waals surface area contributed by atoms with Crippen LogP contribution in [0.1, 0.15) is 37.2 Å². The number of nitrogens with zero attached hydrogens (tertiary/aromatic N) is 3. The zero-order valence-corrected chi connectivity index (χ0v) is 13.8. The van der Waals surface area contributed by atoms with Gasteiger partial charge < -0.3 is 5.32 Å². The van der Waals surface area contributed by atoms with Gasteiger partial charge in [0.15, 0.2) is 5.78 Å². The summed E-state index contributed by atoms with van der Waals surface area (Å²) in [5.41, 5.74) is 2.79. The number of carbonyl (C=O) groups is 1. The minimum atomic E-state index is -0.236. The van der Waals surface area contributed by atoms with E-state index >= 15 is 0 Å². The van der Waals surface area contributed by atoms with E-state index in [1.165, 1.54) is 0 Å². The van der Waals surface area contributed by atoms with Gasteiger partial charge in [-0.1, -0.05) is 30.7 Å². The molecule has 2 atom stereocenters. The van der Waals surface area contributed by atoms with Gasteiger partial charge >= 0.3 is 0 Å². The van der Waals surface area contributed by atoms with Gasteiger partial charge in [-0.25, -0.2) is 4.68 Å². The molecular formula is C17H17ClN4O. The van der Waals surface area contributed by atoms with E-state index in [-0.39, 0.29) is 11.8 Å². The van der Waals surface area contributed by atoms with Crippen LogP contribution in [0.2, 0.25) is 5.02 Å². The molecule has 1 aromatic carbocycles. The Morgan fingerprint density at radius 2 is 2.00 bits per heavy atom. The van der Waals surface area contributed by atoms with Crippen molar-refractivity contribution in [1.82, 2.24) is 14.8 Å². The summed E-state index contributed by atoms with van der Waals surface area (Å²) in [5.74, 6) is 1.91. The van der Waals surface area contributed by atoms with Crippen molar-refractivity contribution in [2.75, 3.05) is 5.32 Å². The number of fused-ring (bicyclic) bond motifs is 1. The molecule has 1 aromatic heterocycles. The lowest BCUT2D eigenvalue weighted by molar-refractivity contribution is -0.117. The Morgan fingerprint density at radius 3 is 2.74 bits per heavy atom. The zero-order chi connectivity index (χ0) is 16.1. The number of hydrogen-bond donors (Lipinski definition) is 1. The molecule has 23 heavy (non-hydrogen) atoms. The minimum Gasteiger partial charge on any atom is -0.328 e. The van der Waals surface area contributed by atoms with Crippen molar-refractivity contribution in [2.24, 2.45) is 5.92 Å². The molecule has 0 spiro atoms. The molecule has 0 amide bonds. The Bertz CT molecular complexity index is 822. The zero-order valence-electron chi connectivity index (χ0n) is 13.0. The summed E-state index contributed by atoms with van der Waals surface area (Å²) in [6.07, 6.45) is 1.44. The number of aryl methyl sites for hydroxylation is 1. The Kier molecular flexibility index (Phi) is 3.27. The lowest BCUT2D eigenvalue weighted by atomic mass is 9.81. The van der Waals surface area contributed by atoms with Crippen LogP contribution in [0, 0.1) is 12.8 Å². The molecular weight excluding hydrogens is 312 g/mol. The first-order valence-electron chi connectivity index (χ1n) is 7.75. The Labute approximate surface area is 139 Å². The lowest BCUT2D eigenvalue weighted by Gasteiger charge is -2.34. The number of benzene rings is 1. The number of hydrogen-bond acceptors (Lipinski definition) is 4. The number of ketones is 1. The summed E-state index contributed by atoms with van der Waals surface area (Å²) in [5, 5.41) is 8.49. The maximum atomic E-state index is 12.7. The largest absolute Gasteiger partial charge is 0.328 e. The van der Waals surface area contributed by atoms with Gasteiger partial charge in [-0.15, -0.1) is 0 Å². The van der Waals surface area contributed by atoms with Crippen molar-refractivity contribution in [1.29, 1.82) is 0 Å². The molecule has 1 N–H and O–H groups in total. The molecule has 2 unspecified atom stereocenters. The number of halogens is 1. The molecule has 2 heterocycles. The van der Waals surface area contributed by atoms with Crippen LogP contribution in [0.5, 0.6) is 0 Å². The molecule has 0 saturated heterocycles. The van der Waals surface area contributed by atoms with Crippen molar-refractivity contribution in [3.05, 3.63) is 51.9 Å². The highest BCUT2D eigenvalue weighted by Gasteiger charge is 2.38. The molecule has 1 aliphatic carbocycles. The topological polar surface area (TPSA) is 59.8 Å². The number of carbonyl (C=O) groups excluding carboxylic acids is 1. The normalized spacial score (nSPS) is 23.3. The molecule has 1 aliphatic heterocycles. The SMILES string of the molecule is Cc1nc2n(n1)C(c1ccc(Cl)cc1)C1=C(CC(C)CC1=O)N2. The summed E-state index contributed by atoms with van der Waals surface area (Å²) in [4.78, 5) is 17.2. The van der Waals surface area contributed by atoms with Crippen LogP contribution in [0.25, 0.3) is 0 Å². The van der Waals surface area contributed by atoms with E-state index < -0.39 is 0 Å². The fraction of sp³-hybridized carbons (Fsp3) is 0.353. The van der Waals surface area contributed by atoms with Crippen molar-refractivity contribution in [3.8, 4) is 0 Å². The predicted molar refractivity (Wildman–Crippen MR) is 88.4 cm³/mol. The van der Waals surface area contributed by atoms with Crippen LogP contribution in [0.3, 0.4) is 0 Å². The van der Waals surface area contributed by atoms with Gasteiger partial charge in [0.25, 0.3) is 0 Å². The second kappa shape index (κ2) is 5.20. The van der Waals surface area contributed by atoms with E-state index in [2.05, 4.69) is 22.3 Å². The molecule has 4 rings (SSSR count). The van der Waals surface area contributed by atoms with E-state index in [1.54, 1.807) is 0 Å².